The number of aryl methyl sites for hydroxylation is 1. The van der Waals surface area contributed by atoms with Gasteiger partial charge in [-0.2, -0.15) is 0 Å². The van der Waals surface area contributed by atoms with Crippen molar-refractivity contribution < 1.29 is 22.8 Å². The van der Waals surface area contributed by atoms with E-state index < -0.39 is 17.4 Å². The zero-order valence-electron chi connectivity index (χ0n) is 14.2. The van der Waals surface area contributed by atoms with Gasteiger partial charge in [-0.15, -0.1) is 11.3 Å². The summed E-state index contributed by atoms with van der Waals surface area (Å²) in [5.41, 5.74) is 1.23. The van der Waals surface area contributed by atoms with E-state index in [1.807, 2.05) is 18.4 Å². The van der Waals surface area contributed by atoms with Crippen LogP contribution in [-0.2, 0) is 13.2 Å². The first kappa shape index (κ1) is 18.1. The summed E-state index contributed by atoms with van der Waals surface area (Å²) in [6.07, 6.45) is 0. The molecule has 2 aromatic heterocycles. The number of hydrogen-bond donors (Lipinski definition) is 0. The molecule has 0 aliphatic carbocycles. The second-order valence-corrected chi connectivity index (χ2v) is 6.71. The molecule has 0 saturated carbocycles. The van der Waals surface area contributed by atoms with Gasteiger partial charge in [0.2, 0.25) is 0 Å². The second kappa shape index (κ2) is 7.65. The summed E-state index contributed by atoms with van der Waals surface area (Å²) in [5, 5.41) is 5.68. The lowest BCUT2D eigenvalue weighted by molar-refractivity contribution is 0.0775. The molecule has 8 heteroatoms. The third kappa shape index (κ3) is 3.91. The number of benzene rings is 1. The van der Waals surface area contributed by atoms with E-state index >= 15 is 0 Å². The van der Waals surface area contributed by atoms with Gasteiger partial charge in [0.05, 0.1) is 6.54 Å². The number of carbonyl (C=O) groups is 1. The van der Waals surface area contributed by atoms with Gasteiger partial charge in [0.25, 0.3) is 5.91 Å². The summed E-state index contributed by atoms with van der Waals surface area (Å²) >= 11 is 1.58. The van der Waals surface area contributed by atoms with E-state index in [1.165, 1.54) is 17.0 Å². The number of amides is 1. The molecule has 136 valence electrons. The molecule has 0 unspecified atom stereocenters. The number of ether oxygens (including phenoxy) is 1. The standard InChI is InChI=1S/C18H16F2N2O3S/c1-11-6-7-26-16(11)9-22(2)18(23)15-8-12(25-21-15)10-24-17-13(19)4-3-5-14(17)20/h3-8H,9-10H2,1-2H3. The first-order chi connectivity index (χ1) is 12.5. The van der Waals surface area contributed by atoms with Crippen molar-refractivity contribution in [3.8, 4) is 5.75 Å². The van der Waals surface area contributed by atoms with Crippen LogP contribution in [0.2, 0.25) is 0 Å². The van der Waals surface area contributed by atoms with E-state index in [0.29, 0.717) is 6.54 Å². The second-order valence-electron chi connectivity index (χ2n) is 5.71. The Morgan fingerprint density at radius 2 is 2.04 bits per heavy atom. The number of aromatic nitrogens is 1. The van der Waals surface area contributed by atoms with Gasteiger partial charge in [-0.25, -0.2) is 8.78 Å². The molecule has 26 heavy (non-hydrogen) atoms. The molecule has 0 spiro atoms. The summed E-state index contributed by atoms with van der Waals surface area (Å²) in [4.78, 5) is 15.0. The zero-order valence-corrected chi connectivity index (χ0v) is 15.0. The number of nitrogens with zero attached hydrogens (tertiary/aromatic N) is 2. The van der Waals surface area contributed by atoms with E-state index in [4.69, 9.17) is 9.26 Å². The quantitative estimate of drug-likeness (QED) is 0.646. The van der Waals surface area contributed by atoms with Crippen molar-refractivity contribution in [3.63, 3.8) is 0 Å². The first-order valence-corrected chi connectivity index (χ1v) is 8.64. The van der Waals surface area contributed by atoms with Crippen molar-refractivity contribution in [1.82, 2.24) is 10.1 Å². The number of hydrogen-bond acceptors (Lipinski definition) is 5. The van der Waals surface area contributed by atoms with Crippen LogP contribution in [0.5, 0.6) is 5.75 Å². The molecule has 0 N–H and O–H groups in total. The van der Waals surface area contributed by atoms with Gasteiger partial charge >= 0.3 is 0 Å². The average molecular weight is 378 g/mol. The van der Waals surface area contributed by atoms with Gasteiger partial charge in [-0.05, 0) is 36.1 Å². The zero-order chi connectivity index (χ0) is 18.7. The molecule has 0 aliphatic heterocycles. The van der Waals surface area contributed by atoms with E-state index in [1.54, 1.807) is 18.4 Å². The molecular weight excluding hydrogens is 362 g/mol. The molecule has 0 aliphatic rings. The van der Waals surface area contributed by atoms with Crippen LogP contribution >= 0.6 is 11.3 Å². The predicted molar refractivity (Wildman–Crippen MR) is 92.0 cm³/mol. The van der Waals surface area contributed by atoms with Crippen molar-refractivity contribution in [2.24, 2.45) is 0 Å². The van der Waals surface area contributed by atoms with Gasteiger partial charge in [-0.1, -0.05) is 11.2 Å². The fourth-order valence-electron chi connectivity index (χ4n) is 2.29. The lowest BCUT2D eigenvalue weighted by Crippen LogP contribution is -2.26. The molecule has 0 radical (unpaired) electrons. The number of para-hydroxylation sites is 1. The SMILES string of the molecule is Cc1ccsc1CN(C)C(=O)c1cc(COc2c(F)cccc2F)on1. The maximum atomic E-state index is 13.5. The number of carbonyl (C=O) groups excluding carboxylic acids is 1. The van der Waals surface area contributed by atoms with E-state index in [0.717, 1.165) is 22.6 Å². The lowest BCUT2D eigenvalue weighted by atomic mass is 10.2. The highest BCUT2D eigenvalue weighted by Crippen LogP contribution is 2.22. The largest absolute Gasteiger partial charge is 0.479 e. The Morgan fingerprint density at radius 3 is 2.69 bits per heavy atom. The average Bonchev–Trinajstić information content (AvgIpc) is 3.23. The van der Waals surface area contributed by atoms with Gasteiger partial charge < -0.3 is 14.2 Å². The highest BCUT2D eigenvalue weighted by atomic mass is 32.1. The minimum atomic E-state index is -0.813. The van der Waals surface area contributed by atoms with Gasteiger partial charge in [0.15, 0.2) is 28.8 Å². The van der Waals surface area contributed by atoms with Gasteiger partial charge in [0.1, 0.15) is 6.61 Å². The van der Waals surface area contributed by atoms with Crippen molar-refractivity contribution >= 4 is 17.2 Å². The Labute approximate surface area is 152 Å². The fourth-order valence-corrected chi connectivity index (χ4v) is 3.25. The molecule has 0 atom stereocenters. The lowest BCUT2D eigenvalue weighted by Gasteiger charge is -2.14. The van der Waals surface area contributed by atoms with Crippen molar-refractivity contribution in [2.75, 3.05) is 7.05 Å². The van der Waals surface area contributed by atoms with E-state index in [2.05, 4.69) is 5.16 Å². The predicted octanol–water partition coefficient (Wildman–Crippen LogP) is 4.17. The van der Waals surface area contributed by atoms with E-state index in [-0.39, 0.29) is 24.0 Å². The Kier molecular flexibility index (Phi) is 5.32. The smallest absolute Gasteiger partial charge is 0.276 e. The van der Waals surface area contributed by atoms with Crippen molar-refractivity contribution in [3.05, 3.63) is 69.2 Å². The van der Waals surface area contributed by atoms with Crippen molar-refractivity contribution in [1.29, 1.82) is 0 Å². The Bertz CT molecular complexity index is 903. The highest BCUT2D eigenvalue weighted by Gasteiger charge is 2.19. The van der Waals surface area contributed by atoms with Crippen LogP contribution in [0.1, 0.15) is 26.7 Å². The highest BCUT2D eigenvalue weighted by molar-refractivity contribution is 7.10. The number of thiophene rings is 1. The van der Waals surface area contributed by atoms with Crippen LogP contribution < -0.4 is 4.74 Å². The summed E-state index contributed by atoms with van der Waals surface area (Å²) in [6.45, 7) is 2.20. The fraction of sp³-hybridized carbons (Fsp3) is 0.222. The monoisotopic (exact) mass is 378 g/mol. The van der Waals surface area contributed by atoms with Crippen LogP contribution in [0.15, 0.2) is 40.2 Å². The Morgan fingerprint density at radius 1 is 1.31 bits per heavy atom. The summed E-state index contributed by atoms with van der Waals surface area (Å²) in [7, 11) is 1.67. The molecule has 3 aromatic rings. The summed E-state index contributed by atoms with van der Waals surface area (Å²) < 4.78 is 37.2. The topological polar surface area (TPSA) is 55.6 Å². The minimum absolute atomic E-state index is 0.106. The van der Waals surface area contributed by atoms with Crippen LogP contribution in [0.4, 0.5) is 8.78 Å². The normalized spacial score (nSPS) is 10.8. The van der Waals surface area contributed by atoms with Crippen LogP contribution in [-0.4, -0.2) is 23.0 Å². The molecule has 0 fully saturated rings. The number of rotatable bonds is 6. The molecule has 1 aromatic carbocycles. The minimum Gasteiger partial charge on any atom is -0.479 e. The maximum Gasteiger partial charge on any atom is 0.276 e. The first-order valence-electron chi connectivity index (χ1n) is 7.76. The Hall–Kier alpha value is -2.74. The maximum absolute atomic E-state index is 13.5. The summed E-state index contributed by atoms with van der Waals surface area (Å²) in [5.74, 6) is -2.25. The van der Waals surface area contributed by atoms with Crippen LogP contribution in [0.3, 0.4) is 0 Å². The third-order valence-corrected chi connectivity index (χ3v) is 4.76. The molecular formula is C18H16F2N2O3S. The summed E-state index contributed by atoms with van der Waals surface area (Å²) in [6, 6.07) is 6.82. The Balaban J connectivity index is 1.63. The van der Waals surface area contributed by atoms with Gasteiger partial charge in [0, 0.05) is 18.0 Å². The van der Waals surface area contributed by atoms with Crippen LogP contribution in [0, 0.1) is 18.6 Å². The number of halogens is 2. The molecule has 5 nitrogen and oxygen atoms in total. The van der Waals surface area contributed by atoms with Gasteiger partial charge in [-0.3, -0.25) is 4.79 Å². The third-order valence-electron chi connectivity index (χ3n) is 3.75. The molecule has 2 heterocycles. The molecule has 0 bridgehead atoms. The molecule has 3 rings (SSSR count). The van der Waals surface area contributed by atoms with Crippen molar-refractivity contribution in [2.45, 2.75) is 20.1 Å². The van der Waals surface area contributed by atoms with Crippen LogP contribution in [0.25, 0.3) is 0 Å². The molecule has 1 amide bonds. The van der Waals surface area contributed by atoms with E-state index in [9.17, 15) is 13.6 Å². The molecule has 0 saturated heterocycles.